The number of carbonyl (C=O) groups is 4. The highest BCUT2D eigenvalue weighted by Crippen LogP contribution is 2.48. The van der Waals surface area contributed by atoms with Crippen LogP contribution >= 0.6 is 92.8 Å². The fraction of sp³-hybridized carbons (Fsp3) is 0.208. The van der Waals surface area contributed by atoms with E-state index in [9.17, 15) is 19.2 Å². The number of nitrogens with one attached hydrogen (secondary N) is 4. The maximum atomic E-state index is 12.4. The zero-order chi connectivity index (χ0) is 93.3. The maximum absolute atomic E-state index is 12.4. The summed E-state index contributed by atoms with van der Waals surface area (Å²) >= 11 is 49.6. The van der Waals surface area contributed by atoms with Gasteiger partial charge in [-0.2, -0.15) is 0 Å². The van der Waals surface area contributed by atoms with E-state index >= 15 is 0 Å². The number of likely N-dealkylation sites (N-methyl/N-ethyl adjacent to an activating group) is 1. The number of amides is 4. The molecule has 24 nitrogen and oxygen atoms in total. The minimum Gasteiger partial charge on any atom is -0.449 e. The Morgan fingerprint density at radius 2 is 0.654 bits per heavy atom. The second-order valence-electron chi connectivity index (χ2n) is 31.9. The van der Waals surface area contributed by atoms with Crippen molar-refractivity contribution in [1.82, 2.24) is 44.8 Å². The number of aliphatic hydroxyl groups is 1. The Kier molecular flexibility index (Phi) is 31.8. The molecule has 0 spiro atoms. The summed E-state index contributed by atoms with van der Waals surface area (Å²) < 4.78 is 25.7. The van der Waals surface area contributed by atoms with E-state index in [1.165, 1.54) is 7.11 Å². The van der Waals surface area contributed by atoms with Crippen LogP contribution in [0.5, 0.6) is 0 Å². The SMILES string of the molecule is CN(C)CCOC(=O)Nc1ncc2c(n1)-c1ccccc1C(c1ccc(Cl)c(Cl)c1)C2.CN(C)c1ccc(CCOC(=O)Nc2ncc3c(n2)-c2ccccc2C(c2ccc(Cl)c(Cl)c2)C3)cc1.COCCOC(=O)Nc1ncc2c(n1)-c1ccccc1C(c1ccc(Cl)c(Cl)c1)C2.O=C(Nc1ncc2c(n1)-c1ccccc1C(c1ccc(Cl)c(Cl)c1)C2)OCc1ccc(CO)cc1. The minimum absolute atomic E-state index is 0.0331. The van der Waals surface area contributed by atoms with Crippen molar-refractivity contribution in [2.75, 3.05) is 94.4 Å². The quantitative estimate of drug-likeness (QED) is 0.0330. The van der Waals surface area contributed by atoms with E-state index < -0.39 is 24.4 Å². The third-order valence-electron chi connectivity index (χ3n) is 22.7. The summed E-state index contributed by atoms with van der Waals surface area (Å²) in [4.78, 5) is 88.5. The van der Waals surface area contributed by atoms with Crippen LogP contribution in [0.4, 0.5) is 48.7 Å². The molecule has 4 aromatic heterocycles. The third kappa shape index (κ3) is 23.8. The molecule has 4 atom stereocenters. The Hall–Kier alpha value is -12.4. The Balaban J connectivity index is 0.000000136. The Labute approximate surface area is 808 Å². The largest absolute Gasteiger partial charge is 0.449 e. The van der Waals surface area contributed by atoms with Crippen molar-refractivity contribution in [3.8, 4) is 45.0 Å². The van der Waals surface area contributed by atoms with Gasteiger partial charge in [0.15, 0.2) is 0 Å². The molecule has 4 aliphatic rings. The van der Waals surface area contributed by atoms with Crippen molar-refractivity contribution in [3.05, 3.63) is 367 Å². The number of methoxy groups -OCH3 is 1. The zero-order valence-corrected chi connectivity index (χ0v) is 78.6. The van der Waals surface area contributed by atoms with E-state index in [1.54, 1.807) is 49.1 Å². The van der Waals surface area contributed by atoms with Crippen molar-refractivity contribution in [1.29, 1.82) is 0 Å². The van der Waals surface area contributed by atoms with Gasteiger partial charge in [0.25, 0.3) is 0 Å². The fourth-order valence-corrected chi connectivity index (χ4v) is 17.3. The van der Waals surface area contributed by atoms with Crippen molar-refractivity contribution in [3.63, 3.8) is 0 Å². The molecule has 0 bridgehead atoms. The first-order chi connectivity index (χ1) is 64.4. The van der Waals surface area contributed by atoms with Gasteiger partial charge in [0.05, 0.1) is 82.8 Å². The summed E-state index contributed by atoms with van der Waals surface area (Å²) in [7, 11) is 9.36. The van der Waals surface area contributed by atoms with E-state index in [0.717, 1.165) is 141 Å². The lowest BCUT2D eigenvalue weighted by Crippen LogP contribution is -2.23. The fourth-order valence-electron chi connectivity index (χ4n) is 16.1. The topological polar surface area (TPSA) is 292 Å². The summed E-state index contributed by atoms with van der Waals surface area (Å²) in [5, 5.41) is 23.8. The highest BCUT2D eigenvalue weighted by Gasteiger charge is 2.34. The molecule has 10 aromatic carbocycles. The van der Waals surface area contributed by atoms with Crippen molar-refractivity contribution in [2.24, 2.45) is 0 Å². The highest BCUT2D eigenvalue weighted by atomic mass is 35.5. The number of benzene rings is 10. The second-order valence-corrected chi connectivity index (χ2v) is 35.2. The van der Waals surface area contributed by atoms with Crippen molar-refractivity contribution < 1.29 is 48.0 Å². The van der Waals surface area contributed by atoms with Crippen LogP contribution in [0.2, 0.25) is 40.2 Å². The first kappa shape index (κ1) is 95.2. The normalized spacial score (nSPS) is 14.3. The predicted octanol–water partition coefficient (Wildman–Crippen LogP) is 24.0. The molecule has 0 saturated heterocycles. The van der Waals surface area contributed by atoms with Crippen LogP contribution in [-0.4, -0.2) is 143 Å². The number of fused-ring (bicyclic) bond motifs is 12. The molecule has 18 rings (SSSR count). The molecular formula is C101H88Cl8N14O10. The molecule has 0 saturated carbocycles. The smallest absolute Gasteiger partial charge is 0.414 e. The van der Waals surface area contributed by atoms with Gasteiger partial charge in [-0.05, 0) is 184 Å². The number of hydrogen-bond acceptors (Lipinski definition) is 20. The molecule has 4 unspecified atom stereocenters. The van der Waals surface area contributed by atoms with Crippen LogP contribution in [0.15, 0.2) is 243 Å². The number of hydrogen-bond donors (Lipinski definition) is 5. The number of carbonyl (C=O) groups excluding carboxylic acids is 4. The highest BCUT2D eigenvalue weighted by molar-refractivity contribution is 6.43. The molecule has 0 fully saturated rings. The van der Waals surface area contributed by atoms with Gasteiger partial charge >= 0.3 is 24.4 Å². The molecule has 5 N–H and O–H groups in total. The van der Waals surface area contributed by atoms with Crippen LogP contribution in [0.1, 0.15) is 107 Å². The predicted molar refractivity (Wildman–Crippen MR) is 524 cm³/mol. The third-order valence-corrected chi connectivity index (χ3v) is 25.7. The standard InChI is InChI=1S/C29H26Cl2N4O2.C27H21Cl2N3O3.C23H22Cl2N4O2.C22H19Cl2N3O3/c1-35(2)21-10-7-18(8-11-21)13-14-37-29(36)34-28-32-17-20-15-24(19-9-12-25(30)26(31)16-19)22-5-3-4-6-23(22)27(20)33-28;28-23-10-9-18(12-24(23)29)22-11-19-13-30-26(31-25(19)21-4-2-1-3-20(21)22)32-27(34)35-15-17-7-5-16(14-33)6-8-17;1-29(2)9-10-31-23(30)28-22-26-13-15-11-18(14-7-8-19(24)20(25)12-14)16-5-3-4-6-17(16)21(15)27-22;1-29-8-9-30-22(28)27-21-25-12-14-10-17(13-6-7-18(23)19(24)11-13)15-4-2-3-5-16(15)20(14)26-21/h3-12,16-17,24H,13-15H2,1-2H3,(H,32,33,34,36);1-10,12-13,22,33H,11,14-15H2,(H,30,31,32,34);3-8,12-13,18H,9-11H2,1-2H3,(H,26,27,28,30);2-7,11-12,17H,8-10H2,1H3,(H,25,26,27,28). The molecule has 4 aliphatic carbocycles. The van der Waals surface area contributed by atoms with Gasteiger partial charge in [-0.15, -0.1) is 0 Å². The monoisotopic (exact) mass is 1940 g/mol. The number of aromatic nitrogens is 8. The van der Waals surface area contributed by atoms with E-state index in [0.29, 0.717) is 79.0 Å². The van der Waals surface area contributed by atoms with Gasteiger partial charge in [-0.25, -0.2) is 59.0 Å². The first-order valence-electron chi connectivity index (χ1n) is 42.3. The molecule has 678 valence electrons. The number of aliphatic hydroxyl groups excluding tert-OH is 1. The summed E-state index contributed by atoms with van der Waals surface area (Å²) in [6.07, 6.45) is 8.06. The van der Waals surface area contributed by atoms with Crippen LogP contribution in [-0.2, 0) is 69.0 Å². The minimum atomic E-state index is -0.644. The first-order valence-corrected chi connectivity index (χ1v) is 45.4. The molecule has 4 amide bonds. The number of halogens is 8. The van der Waals surface area contributed by atoms with Gasteiger partial charge in [0.2, 0.25) is 23.8 Å². The lowest BCUT2D eigenvalue weighted by atomic mass is 9.78. The summed E-state index contributed by atoms with van der Waals surface area (Å²) in [6, 6.07) is 70.6. The van der Waals surface area contributed by atoms with Gasteiger partial charge in [-0.3, -0.25) is 21.3 Å². The van der Waals surface area contributed by atoms with E-state index in [-0.39, 0.29) is 80.5 Å². The Morgan fingerprint density at radius 1 is 0.353 bits per heavy atom. The lowest BCUT2D eigenvalue weighted by molar-refractivity contribution is 0.107. The molecule has 14 aromatic rings. The van der Waals surface area contributed by atoms with Crippen molar-refractivity contribution in [2.45, 2.75) is 69.0 Å². The maximum Gasteiger partial charge on any atom is 0.414 e. The van der Waals surface area contributed by atoms with Gasteiger partial charge < -0.3 is 38.6 Å². The molecule has 4 heterocycles. The Morgan fingerprint density at radius 3 is 0.962 bits per heavy atom. The molecule has 0 aliphatic heterocycles. The zero-order valence-electron chi connectivity index (χ0n) is 72.5. The molecule has 133 heavy (non-hydrogen) atoms. The van der Waals surface area contributed by atoms with Gasteiger partial charge in [0, 0.05) is 111 Å². The molecule has 32 heteroatoms. The van der Waals surface area contributed by atoms with E-state index in [1.807, 2.05) is 208 Å². The van der Waals surface area contributed by atoms with Crippen LogP contribution < -0.4 is 26.2 Å². The van der Waals surface area contributed by atoms with Crippen molar-refractivity contribution >= 4 is 147 Å². The number of rotatable bonds is 21. The lowest BCUT2D eigenvalue weighted by Gasteiger charge is -2.27. The second kappa shape index (κ2) is 44.4. The molecule has 0 radical (unpaired) electrons. The van der Waals surface area contributed by atoms with Crippen LogP contribution in [0.3, 0.4) is 0 Å². The number of nitrogens with zero attached hydrogens (tertiary/aromatic N) is 10. The van der Waals surface area contributed by atoms with E-state index in [4.69, 9.17) is 122 Å². The van der Waals surface area contributed by atoms with Gasteiger partial charge in [-0.1, -0.05) is 251 Å². The summed E-state index contributed by atoms with van der Waals surface area (Å²) in [5.74, 6) is 1.18. The summed E-state index contributed by atoms with van der Waals surface area (Å²) in [5.41, 5.74) is 23.8. The molecular weight excluding hydrogens is 1850 g/mol. The van der Waals surface area contributed by atoms with E-state index in [2.05, 4.69) is 85.4 Å². The summed E-state index contributed by atoms with van der Waals surface area (Å²) in [6.45, 7) is 1.72. The van der Waals surface area contributed by atoms with Crippen LogP contribution in [0.25, 0.3) is 45.0 Å². The Bertz CT molecular complexity index is 6610. The number of anilines is 5. The van der Waals surface area contributed by atoms with Crippen LogP contribution in [0, 0.1) is 0 Å². The average molecular weight is 1940 g/mol. The van der Waals surface area contributed by atoms with Gasteiger partial charge in [0.1, 0.15) is 19.8 Å². The average Bonchev–Trinajstić information content (AvgIpc) is 0.772. The number of ether oxygens (including phenoxy) is 5.